The van der Waals surface area contributed by atoms with Gasteiger partial charge < -0.3 is 5.73 Å². The second-order valence-corrected chi connectivity index (χ2v) is 5.28. The second kappa shape index (κ2) is 5.23. The lowest BCUT2D eigenvalue weighted by Crippen LogP contribution is -2.15. The van der Waals surface area contributed by atoms with E-state index in [1.807, 2.05) is 13.8 Å². The summed E-state index contributed by atoms with van der Waals surface area (Å²) in [4.78, 5) is 12.5. The quantitative estimate of drug-likeness (QED) is 0.696. The zero-order valence-electron chi connectivity index (χ0n) is 10.5. The van der Waals surface area contributed by atoms with E-state index in [1.165, 1.54) is 6.20 Å². The number of halogens is 2. The molecule has 0 atom stereocenters. The van der Waals surface area contributed by atoms with Crippen LogP contribution in [0.3, 0.4) is 0 Å². The van der Waals surface area contributed by atoms with Crippen LogP contribution in [0.1, 0.15) is 35.9 Å². The topological polar surface area (TPSA) is 60.9 Å². The molecule has 0 saturated carbocycles. The minimum Gasteiger partial charge on any atom is -0.398 e. The highest BCUT2D eigenvalue weighted by Gasteiger charge is 2.22. The zero-order valence-corrected chi connectivity index (χ0v) is 12.0. The molecule has 1 aromatic carbocycles. The summed E-state index contributed by atoms with van der Waals surface area (Å²) in [6.45, 7) is 3.84. The lowest BCUT2D eigenvalue weighted by atomic mass is 10.1. The van der Waals surface area contributed by atoms with Crippen LogP contribution in [0, 0.1) is 0 Å². The highest BCUT2D eigenvalue weighted by molar-refractivity contribution is 6.35. The molecular weight excluding hydrogens is 285 g/mol. The van der Waals surface area contributed by atoms with Gasteiger partial charge in [-0.25, -0.2) is 0 Å². The van der Waals surface area contributed by atoms with Gasteiger partial charge in [-0.3, -0.25) is 9.48 Å². The second-order valence-electron chi connectivity index (χ2n) is 4.44. The molecule has 2 N–H and O–H groups in total. The fourth-order valence-corrected chi connectivity index (χ4v) is 2.21. The Bertz CT molecular complexity index is 635. The fraction of sp³-hybridized carbons (Fsp3) is 0.231. The van der Waals surface area contributed by atoms with Crippen LogP contribution in [0.2, 0.25) is 10.0 Å². The van der Waals surface area contributed by atoms with Crippen molar-refractivity contribution in [1.82, 2.24) is 9.78 Å². The van der Waals surface area contributed by atoms with E-state index in [4.69, 9.17) is 28.9 Å². The first-order valence-electron chi connectivity index (χ1n) is 5.74. The van der Waals surface area contributed by atoms with E-state index in [-0.39, 0.29) is 11.8 Å². The molecule has 0 bridgehead atoms. The van der Waals surface area contributed by atoms with Gasteiger partial charge in [0, 0.05) is 22.3 Å². The third-order valence-electron chi connectivity index (χ3n) is 2.71. The largest absolute Gasteiger partial charge is 0.398 e. The molecule has 0 unspecified atom stereocenters. The number of carbonyl (C=O) groups excluding carboxylic acids is 1. The number of rotatable bonds is 3. The maximum atomic E-state index is 12.5. The molecule has 0 radical (unpaired) electrons. The summed E-state index contributed by atoms with van der Waals surface area (Å²) in [5.41, 5.74) is 6.86. The Balaban J connectivity index is 2.53. The van der Waals surface area contributed by atoms with Gasteiger partial charge in [0.25, 0.3) is 0 Å². The average Bonchev–Trinajstić information content (AvgIpc) is 2.70. The van der Waals surface area contributed by atoms with Gasteiger partial charge in [0.05, 0.1) is 11.2 Å². The molecule has 2 aromatic rings. The van der Waals surface area contributed by atoms with Crippen LogP contribution in [-0.4, -0.2) is 15.6 Å². The van der Waals surface area contributed by atoms with E-state index in [1.54, 1.807) is 22.9 Å². The maximum Gasteiger partial charge on any atom is 0.214 e. The van der Waals surface area contributed by atoms with Crippen molar-refractivity contribution in [3.8, 4) is 0 Å². The first-order chi connectivity index (χ1) is 8.91. The van der Waals surface area contributed by atoms with Crippen molar-refractivity contribution >= 4 is 34.7 Å². The van der Waals surface area contributed by atoms with E-state index >= 15 is 0 Å². The number of ketones is 1. The number of nitrogens with zero attached hydrogens (tertiary/aromatic N) is 2. The number of nitrogens with two attached hydrogens (primary N) is 1. The summed E-state index contributed by atoms with van der Waals surface area (Å²) in [6, 6.07) is 4.78. The van der Waals surface area contributed by atoms with Crippen LogP contribution < -0.4 is 5.73 Å². The monoisotopic (exact) mass is 297 g/mol. The lowest BCUT2D eigenvalue weighted by molar-refractivity contribution is 0.102. The summed E-state index contributed by atoms with van der Waals surface area (Å²) in [7, 11) is 0. The molecule has 0 aliphatic rings. The third-order valence-corrected chi connectivity index (χ3v) is 3.22. The Labute approximate surface area is 121 Å². The Morgan fingerprint density at radius 2 is 2.05 bits per heavy atom. The summed E-state index contributed by atoms with van der Waals surface area (Å²) < 4.78 is 1.58. The van der Waals surface area contributed by atoms with Gasteiger partial charge >= 0.3 is 0 Å². The maximum absolute atomic E-state index is 12.5. The fourth-order valence-electron chi connectivity index (χ4n) is 1.81. The summed E-state index contributed by atoms with van der Waals surface area (Å²) in [6.07, 6.45) is 1.46. The molecule has 4 nitrogen and oxygen atoms in total. The normalized spacial score (nSPS) is 11.0. The first-order valence-corrected chi connectivity index (χ1v) is 6.50. The van der Waals surface area contributed by atoms with E-state index in [2.05, 4.69) is 5.10 Å². The molecule has 2 rings (SSSR count). The lowest BCUT2D eigenvalue weighted by Gasteiger charge is -2.11. The van der Waals surface area contributed by atoms with Gasteiger partial charge in [0.2, 0.25) is 5.78 Å². The van der Waals surface area contributed by atoms with Crippen molar-refractivity contribution in [2.24, 2.45) is 0 Å². The number of hydrogen-bond donors (Lipinski definition) is 1. The van der Waals surface area contributed by atoms with Crippen molar-refractivity contribution in [2.45, 2.75) is 19.9 Å². The molecule has 0 amide bonds. The average molecular weight is 298 g/mol. The van der Waals surface area contributed by atoms with Crippen LogP contribution >= 0.6 is 23.2 Å². The molecule has 100 valence electrons. The molecule has 0 aliphatic carbocycles. The summed E-state index contributed by atoms with van der Waals surface area (Å²) >= 11 is 11.9. The number of carbonyl (C=O) groups is 1. The van der Waals surface area contributed by atoms with Gasteiger partial charge in [-0.05, 0) is 32.0 Å². The number of benzene rings is 1. The molecule has 0 fully saturated rings. The van der Waals surface area contributed by atoms with Crippen LogP contribution in [0.25, 0.3) is 0 Å². The highest BCUT2D eigenvalue weighted by Crippen LogP contribution is 2.26. The number of aromatic nitrogens is 2. The molecule has 6 heteroatoms. The van der Waals surface area contributed by atoms with Crippen molar-refractivity contribution in [1.29, 1.82) is 0 Å². The molecule has 1 heterocycles. The van der Waals surface area contributed by atoms with Crippen molar-refractivity contribution in [3.05, 3.63) is 45.7 Å². The van der Waals surface area contributed by atoms with Crippen LogP contribution in [0.4, 0.5) is 5.69 Å². The van der Waals surface area contributed by atoms with Crippen LogP contribution in [-0.2, 0) is 0 Å². The van der Waals surface area contributed by atoms with Crippen LogP contribution in [0.5, 0.6) is 0 Å². The standard InChI is InChI=1S/C13H13Cl2N3O/c1-7(2)18-12(10(15)6-17-18)13(19)9-4-3-8(14)5-11(9)16/h3-7H,16H2,1-2H3. The Morgan fingerprint density at radius 3 is 2.63 bits per heavy atom. The minimum absolute atomic E-state index is 0.0278. The molecule has 0 spiro atoms. The molecule has 1 aromatic heterocycles. The van der Waals surface area contributed by atoms with Crippen molar-refractivity contribution < 1.29 is 4.79 Å². The van der Waals surface area contributed by atoms with Crippen molar-refractivity contribution in [2.75, 3.05) is 5.73 Å². The van der Waals surface area contributed by atoms with E-state index in [0.29, 0.717) is 27.0 Å². The van der Waals surface area contributed by atoms with E-state index < -0.39 is 0 Å². The molecular formula is C13H13Cl2N3O. The predicted octanol–water partition coefficient (Wildman–Crippen LogP) is 3.58. The zero-order chi connectivity index (χ0) is 14.2. The van der Waals surface area contributed by atoms with Gasteiger partial charge in [0.1, 0.15) is 5.69 Å². The van der Waals surface area contributed by atoms with Gasteiger partial charge in [-0.15, -0.1) is 0 Å². The van der Waals surface area contributed by atoms with Gasteiger partial charge in [-0.1, -0.05) is 23.2 Å². The van der Waals surface area contributed by atoms with Crippen LogP contribution in [0.15, 0.2) is 24.4 Å². The summed E-state index contributed by atoms with van der Waals surface area (Å²) in [5, 5.41) is 4.90. The Morgan fingerprint density at radius 1 is 1.37 bits per heavy atom. The van der Waals surface area contributed by atoms with E-state index in [0.717, 1.165) is 0 Å². The Kier molecular flexibility index (Phi) is 3.83. The highest BCUT2D eigenvalue weighted by atomic mass is 35.5. The molecule has 0 aliphatic heterocycles. The van der Waals surface area contributed by atoms with E-state index in [9.17, 15) is 4.79 Å². The number of nitrogen functional groups attached to an aromatic ring is 1. The Hall–Kier alpha value is -1.52. The first kappa shape index (κ1) is 13.9. The van der Waals surface area contributed by atoms with Crippen molar-refractivity contribution in [3.63, 3.8) is 0 Å². The predicted molar refractivity (Wildman–Crippen MR) is 76.9 cm³/mol. The number of anilines is 1. The SMILES string of the molecule is CC(C)n1ncc(Cl)c1C(=O)c1ccc(Cl)cc1N. The smallest absolute Gasteiger partial charge is 0.214 e. The summed E-state index contributed by atoms with van der Waals surface area (Å²) in [5.74, 6) is -0.259. The molecule has 19 heavy (non-hydrogen) atoms. The third kappa shape index (κ3) is 2.60. The molecule has 0 saturated heterocycles. The van der Waals surface area contributed by atoms with Gasteiger partial charge in [-0.2, -0.15) is 5.10 Å². The minimum atomic E-state index is -0.259. The van der Waals surface area contributed by atoms with Gasteiger partial charge in [0.15, 0.2) is 0 Å². The number of hydrogen-bond acceptors (Lipinski definition) is 3.